The largest absolute Gasteiger partial charge is 0.326 e. The molecule has 2 heteroatoms. The van der Waals surface area contributed by atoms with Gasteiger partial charge < -0.3 is 5.73 Å². The average molecular weight is 238 g/mol. The van der Waals surface area contributed by atoms with Gasteiger partial charge >= 0.3 is 0 Å². The minimum absolute atomic E-state index is 0.424. The van der Waals surface area contributed by atoms with Crippen molar-refractivity contribution in [2.75, 3.05) is 6.54 Å². The molecule has 2 N–H and O–H groups in total. The Balaban J connectivity index is 1.99. The van der Waals surface area contributed by atoms with Crippen LogP contribution in [-0.4, -0.2) is 29.6 Å². The molecule has 2 rings (SSSR count). The van der Waals surface area contributed by atoms with Crippen molar-refractivity contribution in [3.8, 4) is 0 Å². The van der Waals surface area contributed by atoms with Crippen LogP contribution in [0.15, 0.2) is 0 Å². The summed E-state index contributed by atoms with van der Waals surface area (Å²) in [6.45, 7) is 5.91. The minimum Gasteiger partial charge on any atom is -0.326 e. The molecule has 2 nitrogen and oxygen atoms in total. The van der Waals surface area contributed by atoms with Crippen molar-refractivity contribution in [3.05, 3.63) is 0 Å². The number of hydrogen-bond acceptors (Lipinski definition) is 2. The Morgan fingerprint density at radius 3 is 2.41 bits per heavy atom. The van der Waals surface area contributed by atoms with Crippen LogP contribution in [0.4, 0.5) is 0 Å². The predicted octanol–water partition coefficient (Wildman–Crippen LogP) is 3.16. The summed E-state index contributed by atoms with van der Waals surface area (Å²) in [6.07, 6.45) is 11.0. The summed E-state index contributed by atoms with van der Waals surface area (Å²) in [6, 6.07) is 1.91. The SMILES string of the molecule is CCN(C1CCCCC1)C1CC(C)CCC1N. The molecule has 0 heterocycles. The molecule has 2 aliphatic carbocycles. The third-order valence-corrected chi connectivity index (χ3v) is 4.97. The van der Waals surface area contributed by atoms with Crippen LogP contribution in [0.1, 0.15) is 65.2 Å². The summed E-state index contributed by atoms with van der Waals surface area (Å²) in [5, 5.41) is 0. The monoisotopic (exact) mass is 238 g/mol. The number of nitrogens with two attached hydrogens (primary N) is 1. The van der Waals surface area contributed by atoms with E-state index in [1.165, 1.54) is 57.9 Å². The lowest BCUT2D eigenvalue weighted by atomic mass is 9.81. The highest BCUT2D eigenvalue weighted by molar-refractivity contribution is 4.91. The molecule has 0 aromatic rings. The standard InChI is InChI=1S/C15H30N2/c1-3-17(13-7-5-4-6-8-13)15-11-12(2)9-10-14(15)16/h12-15H,3-11,16H2,1-2H3. The smallest absolute Gasteiger partial charge is 0.0252 e. The molecule has 2 aliphatic rings. The molecule has 0 aromatic carbocycles. The van der Waals surface area contributed by atoms with E-state index in [2.05, 4.69) is 18.7 Å². The predicted molar refractivity (Wildman–Crippen MR) is 74.0 cm³/mol. The fraction of sp³-hybridized carbons (Fsp3) is 1.00. The zero-order valence-corrected chi connectivity index (χ0v) is 11.7. The van der Waals surface area contributed by atoms with Crippen LogP contribution in [0.25, 0.3) is 0 Å². The van der Waals surface area contributed by atoms with Crippen LogP contribution >= 0.6 is 0 Å². The van der Waals surface area contributed by atoms with Crippen LogP contribution in [0, 0.1) is 5.92 Å². The molecule has 0 bridgehead atoms. The van der Waals surface area contributed by atoms with Crippen molar-refractivity contribution < 1.29 is 0 Å². The highest BCUT2D eigenvalue weighted by Gasteiger charge is 2.33. The van der Waals surface area contributed by atoms with Crippen molar-refractivity contribution in [1.82, 2.24) is 4.90 Å². The minimum atomic E-state index is 0.424. The molecule has 0 spiro atoms. The van der Waals surface area contributed by atoms with Crippen molar-refractivity contribution in [3.63, 3.8) is 0 Å². The lowest BCUT2D eigenvalue weighted by Crippen LogP contribution is -2.54. The topological polar surface area (TPSA) is 29.3 Å². The first-order valence-corrected chi connectivity index (χ1v) is 7.73. The van der Waals surface area contributed by atoms with Gasteiger partial charge in [0.05, 0.1) is 0 Å². The first-order valence-electron chi connectivity index (χ1n) is 7.73. The third kappa shape index (κ3) is 3.23. The molecule has 100 valence electrons. The van der Waals surface area contributed by atoms with Crippen LogP contribution in [0.5, 0.6) is 0 Å². The number of rotatable bonds is 3. The van der Waals surface area contributed by atoms with Gasteiger partial charge in [0, 0.05) is 18.1 Å². The Morgan fingerprint density at radius 2 is 1.76 bits per heavy atom. The van der Waals surface area contributed by atoms with Crippen molar-refractivity contribution in [2.24, 2.45) is 11.7 Å². The van der Waals surface area contributed by atoms with E-state index in [4.69, 9.17) is 5.73 Å². The molecule has 2 saturated carbocycles. The lowest BCUT2D eigenvalue weighted by molar-refractivity contribution is 0.0615. The zero-order chi connectivity index (χ0) is 12.3. The molecule has 0 aromatic heterocycles. The Bertz CT molecular complexity index is 223. The van der Waals surface area contributed by atoms with E-state index < -0.39 is 0 Å². The van der Waals surface area contributed by atoms with Gasteiger partial charge in [-0.3, -0.25) is 4.90 Å². The van der Waals surface area contributed by atoms with E-state index in [9.17, 15) is 0 Å². The second kappa shape index (κ2) is 6.19. The molecule has 0 aliphatic heterocycles. The molecule has 0 radical (unpaired) electrons. The first-order chi connectivity index (χ1) is 8.22. The van der Waals surface area contributed by atoms with Gasteiger partial charge in [-0.1, -0.05) is 33.1 Å². The van der Waals surface area contributed by atoms with Crippen molar-refractivity contribution in [2.45, 2.75) is 83.3 Å². The second-order valence-electron chi connectivity index (χ2n) is 6.27. The Labute approximate surface area is 107 Å². The van der Waals surface area contributed by atoms with Crippen LogP contribution in [0.2, 0.25) is 0 Å². The molecule has 0 amide bonds. The van der Waals surface area contributed by atoms with E-state index in [1.807, 2.05) is 0 Å². The van der Waals surface area contributed by atoms with Gasteiger partial charge in [0.25, 0.3) is 0 Å². The van der Waals surface area contributed by atoms with Crippen molar-refractivity contribution >= 4 is 0 Å². The summed E-state index contributed by atoms with van der Waals surface area (Å²) < 4.78 is 0. The van der Waals surface area contributed by atoms with Gasteiger partial charge in [-0.05, 0) is 44.6 Å². The number of likely N-dealkylation sites (N-methyl/N-ethyl adjacent to an activating group) is 1. The van der Waals surface area contributed by atoms with Gasteiger partial charge in [-0.2, -0.15) is 0 Å². The van der Waals surface area contributed by atoms with E-state index >= 15 is 0 Å². The third-order valence-electron chi connectivity index (χ3n) is 4.97. The highest BCUT2D eigenvalue weighted by Crippen LogP contribution is 2.31. The Hall–Kier alpha value is -0.0800. The molecule has 2 fully saturated rings. The summed E-state index contributed by atoms with van der Waals surface area (Å²) in [5.74, 6) is 0.873. The quantitative estimate of drug-likeness (QED) is 0.818. The van der Waals surface area contributed by atoms with Gasteiger partial charge in [0.15, 0.2) is 0 Å². The van der Waals surface area contributed by atoms with E-state index in [0.717, 1.165) is 12.0 Å². The normalized spacial score (nSPS) is 36.4. The van der Waals surface area contributed by atoms with E-state index in [1.54, 1.807) is 0 Å². The van der Waals surface area contributed by atoms with E-state index in [0.29, 0.717) is 12.1 Å². The Kier molecular flexibility index (Phi) is 4.87. The summed E-state index contributed by atoms with van der Waals surface area (Å²) in [7, 11) is 0. The van der Waals surface area contributed by atoms with Gasteiger partial charge in [-0.25, -0.2) is 0 Å². The van der Waals surface area contributed by atoms with Gasteiger partial charge in [-0.15, -0.1) is 0 Å². The maximum Gasteiger partial charge on any atom is 0.0252 e. The van der Waals surface area contributed by atoms with Crippen molar-refractivity contribution in [1.29, 1.82) is 0 Å². The first kappa shape index (κ1) is 13.4. The van der Waals surface area contributed by atoms with Crippen LogP contribution in [0.3, 0.4) is 0 Å². The lowest BCUT2D eigenvalue weighted by Gasteiger charge is -2.45. The molecule has 17 heavy (non-hydrogen) atoms. The summed E-state index contributed by atoms with van der Waals surface area (Å²) >= 11 is 0. The second-order valence-corrected chi connectivity index (χ2v) is 6.27. The number of hydrogen-bond donors (Lipinski definition) is 1. The molecule has 3 atom stereocenters. The van der Waals surface area contributed by atoms with Gasteiger partial charge in [0.1, 0.15) is 0 Å². The molecule has 3 unspecified atom stereocenters. The van der Waals surface area contributed by atoms with Gasteiger partial charge in [0.2, 0.25) is 0 Å². The van der Waals surface area contributed by atoms with Crippen LogP contribution < -0.4 is 5.73 Å². The summed E-state index contributed by atoms with van der Waals surface area (Å²) in [5.41, 5.74) is 6.38. The van der Waals surface area contributed by atoms with Crippen LogP contribution in [-0.2, 0) is 0 Å². The highest BCUT2D eigenvalue weighted by atomic mass is 15.2. The average Bonchev–Trinajstić information content (AvgIpc) is 2.36. The fourth-order valence-electron chi connectivity index (χ4n) is 3.93. The zero-order valence-electron chi connectivity index (χ0n) is 11.7. The maximum atomic E-state index is 6.38. The maximum absolute atomic E-state index is 6.38. The summed E-state index contributed by atoms with van der Waals surface area (Å²) in [4.78, 5) is 2.75. The molecular formula is C15H30N2. The molecule has 0 saturated heterocycles. The van der Waals surface area contributed by atoms with E-state index in [-0.39, 0.29) is 0 Å². The molecular weight excluding hydrogens is 208 g/mol. The Morgan fingerprint density at radius 1 is 1.06 bits per heavy atom. The number of nitrogens with zero attached hydrogens (tertiary/aromatic N) is 1. The fourth-order valence-corrected chi connectivity index (χ4v) is 3.93.